The number of methoxy groups -OCH3 is 1. The molecular weight excluding hydrogens is 414 g/mol. The second-order valence-electron chi connectivity index (χ2n) is 7.77. The number of sulfonamides is 1. The number of anilines is 1. The molecule has 0 aliphatic carbocycles. The topological polar surface area (TPSA) is 70.2 Å². The first-order chi connectivity index (χ1) is 14.8. The van der Waals surface area contributed by atoms with Crippen molar-refractivity contribution in [2.45, 2.75) is 25.9 Å². The first kappa shape index (κ1) is 23.1. The molecule has 1 amide bonds. The highest BCUT2D eigenvalue weighted by molar-refractivity contribution is 7.92. The Hall–Kier alpha value is -2.58. The number of piperazine rings is 1. The van der Waals surface area contributed by atoms with Crippen LogP contribution in [0.1, 0.15) is 18.9 Å². The monoisotopic (exact) mass is 445 g/mol. The maximum Gasteiger partial charge on any atom is 0.246 e. The summed E-state index contributed by atoms with van der Waals surface area (Å²) in [4.78, 5) is 17.5. The van der Waals surface area contributed by atoms with Crippen LogP contribution in [-0.2, 0) is 21.4 Å². The van der Waals surface area contributed by atoms with E-state index in [2.05, 4.69) is 17.0 Å². The molecule has 3 rings (SSSR count). The van der Waals surface area contributed by atoms with Crippen LogP contribution >= 0.6 is 0 Å². The molecule has 31 heavy (non-hydrogen) atoms. The van der Waals surface area contributed by atoms with Crippen molar-refractivity contribution < 1.29 is 17.9 Å². The van der Waals surface area contributed by atoms with Crippen molar-refractivity contribution in [2.75, 3.05) is 43.8 Å². The average molecular weight is 446 g/mol. The largest absolute Gasteiger partial charge is 0.497 e. The number of rotatable bonds is 8. The Kier molecular flexibility index (Phi) is 7.56. The van der Waals surface area contributed by atoms with Crippen LogP contribution in [0.5, 0.6) is 5.75 Å². The van der Waals surface area contributed by atoms with Crippen LogP contribution in [0.15, 0.2) is 54.6 Å². The van der Waals surface area contributed by atoms with Gasteiger partial charge < -0.3 is 9.64 Å². The molecule has 1 aliphatic heterocycles. The van der Waals surface area contributed by atoms with Crippen molar-refractivity contribution in [2.24, 2.45) is 0 Å². The molecule has 0 saturated carbocycles. The van der Waals surface area contributed by atoms with Gasteiger partial charge in [-0.15, -0.1) is 0 Å². The Balaban J connectivity index is 1.73. The number of hydrogen-bond acceptors (Lipinski definition) is 5. The molecule has 7 nitrogen and oxygen atoms in total. The van der Waals surface area contributed by atoms with E-state index in [9.17, 15) is 13.2 Å². The van der Waals surface area contributed by atoms with Crippen LogP contribution in [0.3, 0.4) is 0 Å². The highest BCUT2D eigenvalue weighted by Gasteiger charge is 2.35. The van der Waals surface area contributed by atoms with Crippen molar-refractivity contribution in [3.63, 3.8) is 0 Å². The molecule has 0 aromatic heterocycles. The zero-order valence-corrected chi connectivity index (χ0v) is 19.2. The highest BCUT2D eigenvalue weighted by atomic mass is 32.2. The van der Waals surface area contributed by atoms with Gasteiger partial charge in [0.05, 0.1) is 19.1 Å². The smallest absolute Gasteiger partial charge is 0.246 e. The number of benzene rings is 2. The molecule has 0 spiro atoms. The van der Waals surface area contributed by atoms with Gasteiger partial charge in [0.25, 0.3) is 0 Å². The Morgan fingerprint density at radius 2 is 1.74 bits per heavy atom. The number of ether oxygens (including phenoxy) is 1. The predicted molar refractivity (Wildman–Crippen MR) is 123 cm³/mol. The van der Waals surface area contributed by atoms with Crippen molar-refractivity contribution in [1.82, 2.24) is 9.80 Å². The molecule has 1 aliphatic rings. The third kappa shape index (κ3) is 5.77. The fourth-order valence-electron chi connectivity index (χ4n) is 3.97. The number of carbonyl (C=O) groups is 1. The molecule has 1 fully saturated rings. The number of nitrogens with zero attached hydrogens (tertiary/aromatic N) is 3. The maximum atomic E-state index is 13.4. The average Bonchev–Trinajstić information content (AvgIpc) is 2.77. The van der Waals surface area contributed by atoms with Gasteiger partial charge in [-0.25, -0.2) is 8.42 Å². The minimum Gasteiger partial charge on any atom is -0.497 e. The van der Waals surface area contributed by atoms with E-state index in [1.807, 2.05) is 25.1 Å². The molecule has 168 valence electrons. The molecule has 0 N–H and O–H groups in total. The van der Waals surface area contributed by atoms with Gasteiger partial charge in [0, 0.05) is 38.8 Å². The van der Waals surface area contributed by atoms with Gasteiger partial charge in [-0.2, -0.15) is 0 Å². The molecule has 2 aromatic rings. The third-order valence-electron chi connectivity index (χ3n) is 5.55. The van der Waals surface area contributed by atoms with E-state index in [1.165, 1.54) is 17.0 Å². The van der Waals surface area contributed by atoms with E-state index >= 15 is 0 Å². The number of hydrogen-bond donors (Lipinski definition) is 0. The molecule has 2 aromatic carbocycles. The number of amides is 1. The second-order valence-corrected chi connectivity index (χ2v) is 9.63. The summed E-state index contributed by atoms with van der Waals surface area (Å²) < 4.78 is 31.8. The van der Waals surface area contributed by atoms with E-state index in [0.717, 1.165) is 25.9 Å². The standard InChI is InChI=1S/C23H31N3O4S/c1-4-22(26(31(3,28)29)20-11-8-12-21(17-20)30-2)23(27)25-15-13-24(14-16-25)18-19-9-6-5-7-10-19/h5-12,17,22H,4,13-16,18H2,1-3H3. The summed E-state index contributed by atoms with van der Waals surface area (Å²) >= 11 is 0. The van der Waals surface area contributed by atoms with E-state index in [0.29, 0.717) is 30.9 Å². The van der Waals surface area contributed by atoms with Crippen LogP contribution < -0.4 is 9.04 Å². The van der Waals surface area contributed by atoms with Crippen molar-refractivity contribution in [3.8, 4) is 5.75 Å². The van der Waals surface area contributed by atoms with Crippen LogP contribution in [0.25, 0.3) is 0 Å². The quantitative estimate of drug-likeness (QED) is 0.625. The molecule has 1 unspecified atom stereocenters. The lowest BCUT2D eigenvalue weighted by atomic mass is 10.1. The third-order valence-corrected chi connectivity index (χ3v) is 6.73. The Bertz CT molecular complexity index is 973. The van der Waals surface area contributed by atoms with Crippen LogP contribution in [0.4, 0.5) is 5.69 Å². The lowest BCUT2D eigenvalue weighted by Gasteiger charge is -2.39. The van der Waals surface area contributed by atoms with Crippen molar-refractivity contribution >= 4 is 21.6 Å². The Morgan fingerprint density at radius 3 is 2.32 bits per heavy atom. The van der Waals surface area contributed by atoms with E-state index in [1.54, 1.807) is 29.2 Å². The molecule has 0 radical (unpaired) electrons. The summed E-state index contributed by atoms with van der Waals surface area (Å²) in [6.07, 6.45) is 1.52. The normalized spacial score (nSPS) is 16.0. The second kappa shape index (κ2) is 10.2. The fourth-order valence-corrected chi connectivity index (χ4v) is 5.17. The van der Waals surface area contributed by atoms with E-state index < -0.39 is 16.1 Å². The molecule has 1 heterocycles. The molecule has 8 heteroatoms. The SMILES string of the molecule is CCC(C(=O)N1CCN(Cc2ccccc2)CC1)N(c1cccc(OC)c1)S(C)(=O)=O. The van der Waals surface area contributed by atoms with Crippen molar-refractivity contribution in [1.29, 1.82) is 0 Å². The summed E-state index contributed by atoms with van der Waals surface area (Å²) in [7, 11) is -2.14. The first-order valence-electron chi connectivity index (χ1n) is 10.5. The van der Waals surface area contributed by atoms with E-state index in [4.69, 9.17) is 4.74 Å². The van der Waals surface area contributed by atoms with Gasteiger partial charge in [0.2, 0.25) is 15.9 Å². The molecule has 0 bridgehead atoms. The van der Waals surface area contributed by atoms with Crippen LogP contribution in [0.2, 0.25) is 0 Å². The van der Waals surface area contributed by atoms with Crippen LogP contribution in [0, 0.1) is 0 Å². The van der Waals surface area contributed by atoms with Gasteiger partial charge in [-0.1, -0.05) is 43.3 Å². The Labute approximate surface area is 185 Å². The maximum absolute atomic E-state index is 13.4. The molecule has 1 atom stereocenters. The summed E-state index contributed by atoms with van der Waals surface area (Å²) in [5.41, 5.74) is 1.68. The minimum atomic E-state index is -3.67. The van der Waals surface area contributed by atoms with Gasteiger partial charge >= 0.3 is 0 Å². The highest BCUT2D eigenvalue weighted by Crippen LogP contribution is 2.27. The summed E-state index contributed by atoms with van der Waals surface area (Å²) in [5.74, 6) is 0.387. The summed E-state index contributed by atoms with van der Waals surface area (Å²) in [6, 6.07) is 16.3. The molecular formula is C23H31N3O4S. The van der Waals surface area contributed by atoms with Gasteiger partial charge in [-0.3, -0.25) is 14.0 Å². The van der Waals surface area contributed by atoms with Gasteiger partial charge in [-0.05, 0) is 24.1 Å². The van der Waals surface area contributed by atoms with Gasteiger partial charge in [0.1, 0.15) is 11.8 Å². The minimum absolute atomic E-state index is 0.157. The number of carbonyl (C=O) groups excluding carboxylic acids is 1. The summed E-state index contributed by atoms with van der Waals surface area (Å²) in [5, 5.41) is 0. The molecule has 1 saturated heterocycles. The lowest BCUT2D eigenvalue weighted by Crippen LogP contribution is -2.55. The fraction of sp³-hybridized carbons (Fsp3) is 0.435. The first-order valence-corrected chi connectivity index (χ1v) is 12.4. The Morgan fingerprint density at radius 1 is 1.06 bits per heavy atom. The van der Waals surface area contributed by atoms with E-state index in [-0.39, 0.29) is 5.91 Å². The zero-order valence-electron chi connectivity index (χ0n) is 18.4. The predicted octanol–water partition coefficient (Wildman–Crippen LogP) is 2.58. The lowest BCUT2D eigenvalue weighted by molar-refractivity contribution is -0.134. The van der Waals surface area contributed by atoms with Crippen molar-refractivity contribution in [3.05, 3.63) is 60.2 Å². The summed E-state index contributed by atoms with van der Waals surface area (Å²) in [6.45, 7) is 5.37. The zero-order chi connectivity index (χ0) is 22.4. The van der Waals surface area contributed by atoms with Crippen LogP contribution in [-0.4, -0.2) is 69.7 Å². The van der Waals surface area contributed by atoms with Gasteiger partial charge in [0.15, 0.2) is 0 Å².